The van der Waals surface area contributed by atoms with Crippen LogP contribution in [0.1, 0.15) is 5.56 Å². The molecule has 1 rings (SSSR count). The molecule has 1 aromatic rings. The van der Waals surface area contributed by atoms with Gasteiger partial charge in [0, 0.05) is 11.0 Å². The lowest BCUT2D eigenvalue weighted by atomic mass is 10.2. The molecule has 5 nitrogen and oxygen atoms in total. The maximum atomic E-state index is 12.0. The predicted molar refractivity (Wildman–Crippen MR) is 71.1 cm³/mol. The monoisotopic (exact) mass is 368 g/mol. The van der Waals surface area contributed by atoms with Crippen molar-refractivity contribution < 1.29 is 27.5 Å². The summed E-state index contributed by atoms with van der Waals surface area (Å²) in [6, 6.07) is 6.68. The zero-order valence-electron chi connectivity index (χ0n) is 10.7. The highest BCUT2D eigenvalue weighted by atomic mass is 79.9. The van der Waals surface area contributed by atoms with Gasteiger partial charge in [-0.05, 0) is 17.7 Å². The average molecular weight is 369 g/mol. The van der Waals surface area contributed by atoms with Crippen LogP contribution in [0, 0.1) is 0 Å². The summed E-state index contributed by atoms with van der Waals surface area (Å²) in [6.45, 7) is -2.35. The van der Waals surface area contributed by atoms with Gasteiger partial charge in [-0.25, -0.2) is 4.79 Å². The Morgan fingerprint density at radius 3 is 2.29 bits per heavy atom. The third-order valence-corrected chi connectivity index (χ3v) is 2.78. The summed E-state index contributed by atoms with van der Waals surface area (Å²) < 4.78 is 41.0. The van der Waals surface area contributed by atoms with Crippen molar-refractivity contribution in [2.45, 2.75) is 12.7 Å². The van der Waals surface area contributed by atoms with Gasteiger partial charge in [0.15, 0.2) is 6.61 Å². The molecule has 0 aliphatic rings. The lowest BCUT2D eigenvalue weighted by Crippen LogP contribution is -2.39. The fraction of sp³-hybridized carbons (Fsp3) is 0.333. The van der Waals surface area contributed by atoms with Crippen molar-refractivity contribution >= 4 is 27.9 Å². The Morgan fingerprint density at radius 2 is 1.81 bits per heavy atom. The van der Waals surface area contributed by atoms with Crippen molar-refractivity contribution in [3.8, 4) is 0 Å². The van der Waals surface area contributed by atoms with E-state index in [0.29, 0.717) is 5.56 Å². The summed E-state index contributed by atoms with van der Waals surface area (Å²) in [4.78, 5) is 23.3. The quantitative estimate of drug-likeness (QED) is 0.867. The Labute approximate surface area is 127 Å². The van der Waals surface area contributed by atoms with Gasteiger partial charge in [-0.15, -0.1) is 0 Å². The lowest BCUT2D eigenvalue weighted by molar-refractivity contribution is -0.162. The van der Waals surface area contributed by atoms with Gasteiger partial charge in [-0.1, -0.05) is 28.1 Å². The van der Waals surface area contributed by atoms with Crippen molar-refractivity contribution in [3.05, 3.63) is 34.3 Å². The van der Waals surface area contributed by atoms with Gasteiger partial charge in [0.05, 0.1) is 0 Å². The minimum Gasteiger partial charge on any atom is -0.440 e. The van der Waals surface area contributed by atoms with Crippen LogP contribution in [0.5, 0.6) is 0 Å². The highest BCUT2D eigenvalue weighted by molar-refractivity contribution is 9.10. The molecule has 0 aliphatic carbocycles. The zero-order valence-corrected chi connectivity index (χ0v) is 12.3. The number of carbonyl (C=O) groups is 2. The first kappa shape index (κ1) is 17.3. The van der Waals surface area contributed by atoms with Crippen LogP contribution in [-0.4, -0.2) is 36.2 Å². The van der Waals surface area contributed by atoms with Gasteiger partial charge in [0.25, 0.3) is 0 Å². The number of benzene rings is 1. The number of nitrogens with two attached hydrogens (primary N) is 1. The van der Waals surface area contributed by atoms with E-state index in [-0.39, 0.29) is 6.54 Å². The molecular weight excluding hydrogens is 357 g/mol. The summed E-state index contributed by atoms with van der Waals surface area (Å²) in [6.07, 6.45) is -5.89. The molecular formula is C12H12BrF3N2O3. The van der Waals surface area contributed by atoms with Crippen LogP contribution in [0.4, 0.5) is 18.0 Å². The van der Waals surface area contributed by atoms with Gasteiger partial charge >= 0.3 is 12.3 Å². The Hall–Kier alpha value is -1.77. The average Bonchev–Trinajstić information content (AvgIpc) is 2.36. The molecule has 0 atom stereocenters. The van der Waals surface area contributed by atoms with Crippen molar-refractivity contribution in [3.63, 3.8) is 0 Å². The minimum absolute atomic E-state index is 0.0904. The highest BCUT2D eigenvalue weighted by Crippen LogP contribution is 2.16. The Bertz CT molecular complexity index is 505. The second kappa shape index (κ2) is 7.30. The maximum absolute atomic E-state index is 12.0. The maximum Gasteiger partial charge on any atom is 0.422 e. The summed E-state index contributed by atoms with van der Waals surface area (Å²) in [5.74, 6) is -0.851. The molecule has 0 saturated heterocycles. The standard InChI is InChI=1S/C12H12BrF3N2O3/c13-9-3-1-8(2-4-9)5-18(6-10(17)19)11(20)21-7-12(14,15)16/h1-4H,5-7H2,(H2,17,19). The first-order valence-corrected chi connectivity index (χ1v) is 6.48. The zero-order chi connectivity index (χ0) is 16.0. The number of rotatable bonds is 5. The Balaban J connectivity index is 2.72. The number of carbonyl (C=O) groups excluding carboxylic acids is 2. The number of ether oxygens (including phenoxy) is 1. The van der Waals surface area contributed by atoms with Crippen molar-refractivity contribution in [2.24, 2.45) is 5.73 Å². The van der Waals surface area contributed by atoms with Crippen LogP contribution in [0.25, 0.3) is 0 Å². The van der Waals surface area contributed by atoms with Gasteiger partial charge < -0.3 is 10.5 Å². The lowest BCUT2D eigenvalue weighted by Gasteiger charge is -2.21. The fourth-order valence-electron chi connectivity index (χ4n) is 1.42. The summed E-state index contributed by atoms with van der Waals surface area (Å²) in [5, 5.41) is 0. The Morgan fingerprint density at radius 1 is 1.24 bits per heavy atom. The van der Waals surface area contributed by atoms with Crippen LogP contribution >= 0.6 is 15.9 Å². The van der Waals surface area contributed by atoms with E-state index in [1.54, 1.807) is 24.3 Å². The molecule has 0 spiro atoms. The van der Waals surface area contributed by atoms with E-state index in [1.807, 2.05) is 0 Å². The summed E-state index contributed by atoms with van der Waals surface area (Å²) in [5.41, 5.74) is 5.59. The van der Waals surface area contributed by atoms with Gasteiger partial charge in [-0.2, -0.15) is 13.2 Å². The number of alkyl halides is 3. The molecule has 116 valence electrons. The molecule has 1 aromatic carbocycles. The number of nitrogens with zero attached hydrogens (tertiary/aromatic N) is 1. The first-order chi connectivity index (χ1) is 9.67. The molecule has 0 radical (unpaired) electrons. The summed E-state index contributed by atoms with van der Waals surface area (Å²) in [7, 11) is 0. The molecule has 9 heteroatoms. The molecule has 2 N–H and O–H groups in total. The van der Waals surface area contributed by atoms with Crippen molar-refractivity contribution in [1.29, 1.82) is 0 Å². The molecule has 0 aliphatic heterocycles. The number of hydrogen-bond donors (Lipinski definition) is 1. The number of hydrogen-bond acceptors (Lipinski definition) is 3. The minimum atomic E-state index is -4.63. The van der Waals surface area contributed by atoms with E-state index in [4.69, 9.17) is 5.73 Å². The molecule has 0 unspecified atom stereocenters. The largest absolute Gasteiger partial charge is 0.440 e. The Kier molecular flexibility index (Phi) is 6.01. The van der Waals surface area contributed by atoms with Crippen molar-refractivity contribution in [1.82, 2.24) is 4.90 Å². The smallest absolute Gasteiger partial charge is 0.422 e. The molecule has 21 heavy (non-hydrogen) atoms. The molecule has 0 saturated carbocycles. The van der Waals surface area contributed by atoms with Crippen LogP contribution in [0.15, 0.2) is 28.7 Å². The number of halogens is 4. The van der Waals surface area contributed by atoms with Crippen LogP contribution < -0.4 is 5.73 Å². The highest BCUT2D eigenvalue weighted by Gasteiger charge is 2.31. The molecule has 2 amide bonds. The van der Waals surface area contributed by atoms with E-state index in [0.717, 1.165) is 9.37 Å². The normalized spacial score (nSPS) is 11.0. The van der Waals surface area contributed by atoms with Gasteiger partial charge in [0.1, 0.15) is 6.54 Å². The van der Waals surface area contributed by atoms with Crippen LogP contribution in [0.2, 0.25) is 0 Å². The van der Waals surface area contributed by atoms with Crippen LogP contribution in [-0.2, 0) is 16.1 Å². The van der Waals surface area contributed by atoms with Gasteiger partial charge in [0.2, 0.25) is 5.91 Å². The van der Waals surface area contributed by atoms with E-state index in [1.165, 1.54) is 0 Å². The molecule has 0 bridgehead atoms. The second-order valence-corrected chi connectivity index (χ2v) is 5.03. The third kappa shape index (κ3) is 6.98. The molecule has 0 aromatic heterocycles. The summed E-state index contributed by atoms with van der Waals surface area (Å²) >= 11 is 3.22. The molecule has 0 heterocycles. The van der Waals surface area contributed by atoms with E-state index in [2.05, 4.69) is 20.7 Å². The van der Waals surface area contributed by atoms with Crippen LogP contribution in [0.3, 0.4) is 0 Å². The third-order valence-electron chi connectivity index (χ3n) is 2.25. The van der Waals surface area contributed by atoms with Gasteiger partial charge in [-0.3, -0.25) is 9.69 Å². The second-order valence-electron chi connectivity index (χ2n) is 4.12. The molecule has 0 fully saturated rings. The predicted octanol–water partition coefficient (Wildman–Crippen LogP) is 2.44. The number of primary amides is 1. The van der Waals surface area contributed by atoms with E-state index >= 15 is 0 Å². The van der Waals surface area contributed by atoms with E-state index < -0.39 is 31.3 Å². The van der Waals surface area contributed by atoms with E-state index in [9.17, 15) is 22.8 Å². The first-order valence-electron chi connectivity index (χ1n) is 5.68. The number of amides is 2. The van der Waals surface area contributed by atoms with Crippen molar-refractivity contribution in [2.75, 3.05) is 13.2 Å². The fourth-order valence-corrected chi connectivity index (χ4v) is 1.68. The SMILES string of the molecule is NC(=O)CN(Cc1ccc(Br)cc1)C(=O)OCC(F)(F)F. The topological polar surface area (TPSA) is 72.6 Å².